The Kier molecular flexibility index (Phi) is 17.7. The number of para-hydroxylation sites is 1. The third-order valence-corrected chi connectivity index (χ3v) is 12.4. The molecule has 2 aromatic rings. The van der Waals surface area contributed by atoms with Crippen LogP contribution < -0.4 is 0 Å². The number of Topliss-reactive ketones (excluding diaryl/α,β-unsaturated/α-hetero) is 2. The maximum Gasteiger partial charge on any atom is 0.307 e. The Morgan fingerprint density at radius 2 is 1.57 bits per heavy atom. The predicted octanol–water partition coefficient (Wildman–Crippen LogP) is 6.11. The van der Waals surface area contributed by atoms with E-state index in [0.717, 1.165) is 29.3 Å². The van der Waals surface area contributed by atoms with E-state index in [1.807, 2.05) is 77.9 Å². The van der Waals surface area contributed by atoms with Gasteiger partial charge in [-0.2, -0.15) is 0 Å². The second kappa shape index (κ2) is 21.2. The minimum absolute atomic E-state index is 0.0134. The Balaban J connectivity index is 1.78. The summed E-state index contributed by atoms with van der Waals surface area (Å²) in [7, 11) is 8.64. The highest BCUT2D eigenvalue weighted by molar-refractivity contribution is 5.90. The van der Waals surface area contributed by atoms with Crippen molar-refractivity contribution in [3.63, 3.8) is 0 Å². The van der Waals surface area contributed by atoms with E-state index >= 15 is 0 Å². The number of aliphatic carboxylic acids is 1. The number of rotatable bonds is 23. The number of fused-ring (bicyclic) bond motifs is 1. The standard InChI is InChI=1S/C44H70N4O8/c1-13-28(6)41(47(10)43(52)33(26(2)3)23-37(50)40(27(4)5)46(8)9)38(55-11)24-39(51)48-20-16-19-35(48)42(56-12)29(7)36(49)22-30(44(53)54)21-31-25-45-34-18-15-14-17-32(31)34/h14-15,17-18,25-30,33,35,38,40-42,45H,13,16,19-24H2,1-12H3,(H,53,54)/t28-,29-,30+,33-,35-,38+,40-,41-,42+/m0/s1. The van der Waals surface area contributed by atoms with Gasteiger partial charge >= 0.3 is 5.97 Å². The highest BCUT2D eigenvalue weighted by atomic mass is 16.5. The Morgan fingerprint density at radius 3 is 2.12 bits per heavy atom. The first-order valence-corrected chi connectivity index (χ1v) is 20.5. The van der Waals surface area contributed by atoms with Crippen molar-refractivity contribution in [3.05, 3.63) is 36.0 Å². The van der Waals surface area contributed by atoms with Gasteiger partial charge in [0.25, 0.3) is 0 Å². The number of carbonyl (C=O) groups is 5. The minimum atomic E-state index is -1.04. The summed E-state index contributed by atoms with van der Waals surface area (Å²) < 4.78 is 12.0. The van der Waals surface area contributed by atoms with Crippen molar-refractivity contribution in [1.82, 2.24) is 19.7 Å². The second-order valence-electron chi connectivity index (χ2n) is 17.0. The van der Waals surface area contributed by atoms with Crippen LogP contribution in [0.5, 0.6) is 0 Å². The van der Waals surface area contributed by atoms with Gasteiger partial charge in [0.15, 0.2) is 5.78 Å². The summed E-state index contributed by atoms with van der Waals surface area (Å²) >= 11 is 0. The largest absolute Gasteiger partial charge is 0.481 e. The molecule has 1 aromatic heterocycles. The van der Waals surface area contributed by atoms with Gasteiger partial charge in [-0.15, -0.1) is 0 Å². The second-order valence-corrected chi connectivity index (χ2v) is 17.0. The maximum absolute atomic E-state index is 14.3. The van der Waals surface area contributed by atoms with Gasteiger partial charge in [-0.25, -0.2) is 0 Å². The number of carboxylic acid groups (broad SMARTS) is 1. The fourth-order valence-corrected chi connectivity index (χ4v) is 9.04. The highest BCUT2D eigenvalue weighted by Gasteiger charge is 2.43. The van der Waals surface area contributed by atoms with Crippen LogP contribution in [0.2, 0.25) is 0 Å². The molecule has 0 saturated carbocycles. The van der Waals surface area contributed by atoms with Crippen LogP contribution in [0.15, 0.2) is 30.5 Å². The van der Waals surface area contributed by atoms with Gasteiger partial charge in [-0.3, -0.25) is 28.9 Å². The molecule has 314 valence electrons. The molecular formula is C44H70N4O8. The zero-order chi connectivity index (χ0) is 42.0. The Bertz CT molecular complexity index is 1610. The van der Waals surface area contributed by atoms with E-state index in [2.05, 4.69) is 11.9 Å². The van der Waals surface area contributed by atoms with Crippen LogP contribution in [0.4, 0.5) is 0 Å². The number of methoxy groups -OCH3 is 2. The van der Waals surface area contributed by atoms with Gasteiger partial charge in [0.05, 0.1) is 42.7 Å². The average molecular weight is 783 g/mol. The number of H-pyrrole nitrogens is 1. The van der Waals surface area contributed by atoms with Crippen molar-refractivity contribution in [1.29, 1.82) is 0 Å². The van der Waals surface area contributed by atoms with Crippen LogP contribution in [0.1, 0.15) is 92.6 Å². The molecule has 1 aliphatic rings. The molecule has 2 heterocycles. The summed E-state index contributed by atoms with van der Waals surface area (Å²) in [6.07, 6.45) is 2.86. The maximum atomic E-state index is 14.3. The molecular weight excluding hydrogens is 713 g/mol. The molecule has 0 unspecified atom stereocenters. The topological polar surface area (TPSA) is 150 Å². The van der Waals surface area contributed by atoms with Crippen LogP contribution in [-0.2, 0) is 39.9 Å². The molecule has 12 nitrogen and oxygen atoms in total. The van der Waals surface area contributed by atoms with Crippen molar-refractivity contribution < 1.29 is 38.6 Å². The van der Waals surface area contributed by atoms with E-state index in [-0.39, 0.29) is 78.9 Å². The van der Waals surface area contributed by atoms with Gasteiger partial charge in [0.1, 0.15) is 5.78 Å². The van der Waals surface area contributed by atoms with Crippen molar-refractivity contribution in [3.8, 4) is 0 Å². The van der Waals surface area contributed by atoms with Crippen LogP contribution in [0, 0.1) is 35.5 Å². The number of nitrogens with one attached hydrogen (secondary N) is 1. The van der Waals surface area contributed by atoms with Gasteiger partial charge in [0, 0.05) is 69.6 Å². The van der Waals surface area contributed by atoms with E-state index in [9.17, 15) is 29.1 Å². The molecule has 1 saturated heterocycles. The molecule has 1 aliphatic heterocycles. The number of aromatic amines is 1. The average Bonchev–Trinajstić information content (AvgIpc) is 3.80. The van der Waals surface area contributed by atoms with E-state index in [1.54, 1.807) is 37.1 Å². The number of amides is 2. The molecule has 3 rings (SSSR count). The third-order valence-electron chi connectivity index (χ3n) is 12.4. The number of likely N-dealkylation sites (N-methyl/N-ethyl adjacent to an activating group) is 2. The number of benzene rings is 1. The number of carbonyl (C=O) groups excluding carboxylic acids is 4. The molecule has 56 heavy (non-hydrogen) atoms. The SMILES string of the molecule is CC[C@H](C)[C@@H]([C@@H](CC(=O)N1CCC[C@H]1[C@H](OC)[C@@H](C)C(=O)C[C@@H](Cc1c[nH]c2ccccc12)C(=O)O)OC)N(C)C(=O)[C@@H](CC(=O)[C@H](C(C)C)N(C)C)C(C)C. The fraction of sp³-hybridized carbons (Fsp3) is 0.705. The van der Waals surface area contributed by atoms with E-state index in [0.29, 0.717) is 13.0 Å². The summed E-state index contributed by atoms with van der Waals surface area (Å²) in [5, 5.41) is 11.1. The lowest BCUT2D eigenvalue weighted by atomic mass is 9.83. The lowest BCUT2D eigenvalue weighted by Gasteiger charge is -2.41. The van der Waals surface area contributed by atoms with Crippen LogP contribution in [0.25, 0.3) is 10.9 Å². The summed E-state index contributed by atoms with van der Waals surface area (Å²) in [6.45, 7) is 14.3. The highest BCUT2D eigenvalue weighted by Crippen LogP contribution is 2.32. The molecule has 2 amide bonds. The third kappa shape index (κ3) is 11.3. The number of carboxylic acids is 1. The van der Waals surface area contributed by atoms with Crippen LogP contribution in [-0.4, -0.2) is 126 Å². The smallest absolute Gasteiger partial charge is 0.307 e. The van der Waals surface area contributed by atoms with Crippen molar-refractivity contribution >= 4 is 40.3 Å². The summed E-state index contributed by atoms with van der Waals surface area (Å²) in [4.78, 5) is 76.9. The number of aromatic nitrogens is 1. The van der Waals surface area contributed by atoms with Crippen LogP contribution >= 0.6 is 0 Å². The normalized spacial score (nSPS) is 19.1. The molecule has 1 fully saturated rings. The first kappa shape index (κ1) is 46.8. The van der Waals surface area contributed by atoms with Crippen molar-refractivity contribution in [2.24, 2.45) is 35.5 Å². The summed E-state index contributed by atoms with van der Waals surface area (Å²) in [6, 6.07) is 6.56. The number of likely N-dealkylation sites (tertiary alicyclic amines) is 1. The molecule has 1 aromatic carbocycles. The molecule has 0 spiro atoms. The van der Waals surface area contributed by atoms with Crippen molar-refractivity contribution in [2.45, 2.75) is 124 Å². The Hall–Kier alpha value is -3.61. The first-order valence-electron chi connectivity index (χ1n) is 20.5. The van der Waals surface area contributed by atoms with Crippen LogP contribution in [0.3, 0.4) is 0 Å². The number of nitrogens with zero attached hydrogens (tertiary/aromatic N) is 3. The number of hydrogen-bond donors (Lipinski definition) is 2. The van der Waals surface area contributed by atoms with Gasteiger partial charge < -0.3 is 29.4 Å². The zero-order valence-corrected chi connectivity index (χ0v) is 36.0. The molecule has 12 heteroatoms. The lowest BCUT2D eigenvalue weighted by Crippen LogP contribution is -2.54. The van der Waals surface area contributed by atoms with Crippen molar-refractivity contribution in [2.75, 3.05) is 41.9 Å². The monoisotopic (exact) mass is 783 g/mol. The molecule has 0 aliphatic carbocycles. The quantitative estimate of drug-likeness (QED) is 0.136. The Morgan fingerprint density at radius 1 is 0.911 bits per heavy atom. The molecule has 9 atom stereocenters. The molecule has 0 bridgehead atoms. The van der Waals surface area contributed by atoms with Gasteiger partial charge in [-0.1, -0.05) is 73.1 Å². The molecule has 0 radical (unpaired) electrons. The zero-order valence-electron chi connectivity index (χ0n) is 36.0. The first-order chi connectivity index (χ1) is 26.4. The predicted molar refractivity (Wildman–Crippen MR) is 219 cm³/mol. The van der Waals surface area contributed by atoms with E-state index in [4.69, 9.17) is 9.47 Å². The lowest BCUT2D eigenvalue weighted by molar-refractivity contribution is -0.149. The minimum Gasteiger partial charge on any atom is -0.481 e. The van der Waals surface area contributed by atoms with Gasteiger partial charge in [0.2, 0.25) is 11.8 Å². The number of ether oxygens (including phenoxy) is 2. The fourth-order valence-electron chi connectivity index (χ4n) is 9.04. The molecule has 2 N–H and O–H groups in total. The summed E-state index contributed by atoms with van der Waals surface area (Å²) in [5.74, 6) is -3.60. The number of hydrogen-bond acceptors (Lipinski definition) is 8. The Labute approximate surface area is 335 Å². The van der Waals surface area contributed by atoms with E-state index in [1.165, 1.54) is 7.11 Å². The number of ketones is 2. The summed E-state index contributed by atoms with van der Waals surface area (Å²) in [5.41, 5.74) is 1.75. The van der Waals surface area contributed by atoms with E-state index < -0.39 is 42.0 Å². The van der Waals surface area contributed by atoms with Gasteiger partial charge in [-0.05, 0) is 62.7 Å².